The van der Waals surface area contributed by atoms with Gasteiger partial charge in [-0.15, -0.1) is 5.10 Å². The average molecular weight is 407 g/mol. The molecule has 0 fully saturated rings. The SMILES string of the molecule is CC(NC(=O)c1ccccc1Cl)c1nnnn1-c1cccc(Br)c1. The van der Waals surface area contributed by atoms with Crippen LogP contribution in [-0.4, -0.2) is 26.1 Å². The number of carbonyl (C=O) groups is 1. The van der Waals surface area contributed by atoms with Gasteiger partial charge >= 0.3 is 0 Å². The summed E-state index contributed by atoms with van der Waals surface area (Å²) < 4.78 is 2.50. The molecule has 2 aromatic carbocycles. The standard InChI is InChI=1S/C16H13BrClN5O/c1-10(19-16(24)13-7-2-3-8-14(13)18)15-20-21-22-23(15)12-6-4-5-11(17)9-12/h2-10H,1H3,(H,19,24). The third-order valence-corrected chi connectivity index (χ3v) is 4.22. The number of nitrogens with one attached hydrogen (secondary N) is 1. The molecule has 1 unspecified atom stereocenters. The summed E-state index contributed by atoms with van der Waals surface area (Å²) >= 11 is 9.48. The summed E-state index contributed by atoms with van der Waals surface area (Å²) in [6, 6.07) is 14.0. The molecule has 8 heteroatoms. The normalized spacial score (nSPS) is 12.0. The zero-order chi connectivity index (χ0) is 17.1. The van der Waals surface area contributed by atoms with Crippen LogP contribution in [0.25, 0.3) is 5.69 Å². The molecular weight excluding hydrogens is 394 g/mol. The number of hydrogen-bond donors (Lipinski definition) is 1. The van der Waals surface area contributed by atoms with Crippen molar-refractivity contribution in [1.29, 1.82) is 0 Å². The van der Waals surface area contributed by atoms with Gasteiger partial charge in [0, 0.05) is 4.47 Å². The molecule has 122 valence electrons. The molecule has 0 aliphatic carbocycles. The van der Waals surface area contributed by atoms with Crippen molar-refractivity contribution in [1.82, 2.24) is 25.5 Å². The van der Waals surface area contributed by atoms with E-state index in [1.807, 2.05) is 31.2 Å². The molecule has 0 aliphatic rings. The minimum absolute atomic E-state index is 0.281. The third-order valence-electron chi connectivity index (χ3n) is 3.40. The van der Waals surface area contributed by atoms with E-state index in [2.05, 4.69) is 36.8 Å². The molecule has 0 aliphatic heterocycles. The van der Waals surface area contributed by atoms with Crippen molar-refractivity contribution in [3.05, 3.63) is 69.4 Å². The number of amides is 1. The molecule has 1 amide bonds. The highest BCUT2D eigenvalue weighted by molar-refractivity contribution is 9.10. The zero-order valence-electron chi connectivity index (χ0n) is 12.6. The van der Waals surface area contributed by atoms with E-state index >= 15 is 0 Å². The second-order valence-corrected chi connectivity index (χ2v) is 6.43. The third kappa shape index (κ3) is 3.47. The van der Waals surface area contributed by atoms with E-state index in [1.54, 1.807) is 28.9 Å². The number of halogens is 2. The molecule has 24 heavy (non-hydrogen) atoms. The van der Waals surface area contributed by atoms with Crippen molar-refractivity contribution in [2.24, 2.45) is 0 Å². The van der Waals surface area contributed by atoms with Crippen molar-refractivity contribution in [3.63, 3.8) is 0 Å². The smallest absolute Gasteiger partial charge is 0.253 e. The van der Waals surface area contributed by atoms with Crippen LogP contribution in [0.5, 0.6) is 0 Å². The first-order chi connectivity index (χ1) is 11.6. The number of nitrogens with zero attached hydrogens (tertiary/aromatic N) is 4. The Balaban J connectivity index is 1.84. The number of benzene rings is 2. The van der Waals surface area contributed by atoms with Gasteiger partial charge in [0.25, 0.3) is 5.91 Å². The van der Waals surface area contributed by atoms with Gasteiger partial charge in [0.2, 0.25) is 0 Å². The molecule has 0 radical (unpaired) electrons. The summed E-state index contributed by atoms with van der Waals surface area (Å²) in [5.41, 5.74) is 1.20. The van der Waals surface area contributed by atoms with E-state index < -0.39 is 6.04 Å². The van der Waals surface area contributed by atoms with Gasteiger partial charge in [0.15, 0.2) is 5.82 Å². The summed E-state index contributed by atoms with van der Waals surface area (Å²) in [6.45, 7) is 1.81. The molecule has 3 rings (SSSR count). The predicted molar refractivity (Wildman–Crippen MR) is 94.2 cm³/mol. The summed E-state index contributed by atoms with van der Waals surface area (Å²) in [4.78, 5) is 12.4. The maximum Gasteiger partial charge on any atom is 0.253 e. The lowest BCUT2D eigenvalue weighted by Gasteiger charge is -2.14. The summed E-state index contributed by atoms with van der Waals surface area (Å²) in [5, 5.41) is 15.0. The Bertz CT molecular complexity index is 882. The Morgan fingerprint density at radius 1 is 1.25 bits per heavy atom. The van der Waals surface area contributed by atoms with E-state index in [-0.39, 0.29) is 5.91 Å². The topological polar surface area (TPSA) is 72.7 Å². The lowest BCUT2D eigenvalue weighted by molar-refractivity contribution is 0.0938. The lowest BCUT2D eigenvalue weighted by atomic mass is 10.2. The van der Waals surface area contributed by atoms with Crippen LogP contribution in [-0.2, 0) is 0 Å². The van der Waals surface area contributed by atoms with Gasteiger partial charge in [-0.1, -0.05) is 45.7 Å². The molecular formula is C16H13BrClN5O. The van der Waals surface area contributed by atoms with Gasteiger partial charge in [-0.3, -0.25) is 4.79 Å². The first kappa shape index (κ1) is 16.6. The molecule has 0 saturated heterocycles. The Hall–Kier alpha value is -2.25. The monoisotopic (exact) mass is 405 g/mol. The fourth-order valence-corrected chi connectivity index (χ4v) is 2.85. The predicted octanol–water partition coefficient (Wildman–Crippen LogP) is 3.57. The van der Waals surface area contributed by atoms with E-state index in [0.717, 1.165) is 10.2 Å². The largest absolute Gasteiger partial charge is 0.342 e. The minimum Gasteiger partial charge on any atom is -0.342 e. The van der Waals surface area contributed by atoms with Crippen LogP contribution < -0.4 is 5.32 Å². The highest BCUT2D eigenvalue weighted by Gasteiger charge is 2.19. The summed E-state index contributed by atoms with van der Waals surface area (Å²) in [5.74, 6) is 0.241. The Kier molecular flexibility index (Phi) is 4.92. The Labute approximate surface area is 152 Å². The molecule has 1 heterocycles. The first-order valence-electron chi connectivity index (χ1n) is 7.16. The molecule has 1 N–H and O–H groups in total. The molecule has 0 bridgehead atoms. The number of aromatic nitrogens is 4. The van der Waals surface area contributed by atoms with Crippen LogP contribution >= 0.6 is 27.5 Å². The number of hydrogen-bond acceptors (Lipinski definition) is 4. The van der Waals surface area contributed by atoms with Gasteiger partial charge < -0.3 is 5.32 Å². The van der Waals surface area contributed by atoms with Crippen molar-refractivity contribution < 1.29 is 4.79 Å². The summed E-state index contributed by atoms with van der Waals surface area (Å²) in [6.07, 6.45) is 0. The number of carbonyl (C=O) groups excluding carboxylic acids is 1. The van der Waals surface area contributed by atoms with E-state index in [4.69, 9.17) is 11.6 Å². The molecule has 0 spiro atoms. The lowest BCUT2D eigenvalue weighted by Crippen LogP contribution is -2.29. The van der Waals surface area contributed by atoms with E-state index in [0.29, 0.717) is 16.4 Å². The van der Waals surface area contributed by atoms with E-state index in [9.17, 15) is 4.79 Å². The number of rotatable bonds is 4. The van der Waals surface area contributed by atoms with Crippen molar-refractivity contribution >= 4 is 33.4 Å². The zero-order valence-corrected chi connectivity index (χ0v) is 15.0. The van der Waals surface area contributed by atoms with E-state index in [1.165, 1.54) is 0 Å². The quantitative estimate of drug-likeness (QED) is 0.719. The number of tetrazole rings is 1. The van der Waals surface area contributed by atoms with Crippen LogP contribution in [0.3, 0.4) is 0 Å². The molecule has 0 saturated carbocycles. The van der Waals surface area contributed by atoms with Crippen molar-refractivity contribution in [2.75, 3.05) is 0 Å². The van der Waals surface area contributed by atoms with Crippen molar-refractivity contribution in [2.45, 2.75) is 13.0 Å². The van der Waals surface area contributed by atoms with Crippen molar-refractivity contribution in [3.8, 4) is 5.69 Å². The first-order valence-corrected chi connectivity index (χ1v) is 8.33. The van der Waals surface area contributed by atoms with Gasteiger partial charge in [-0.25, -0.2) is 0 Å². The fourth-order valence-electron chi connectivity index (χ4n) is 2.24. The highest BCUT2D eigenvalue weighted by Crippen LogP contribution is 2.20. The van der Waals surface area contributed by atoms with Gasteiger partial charge in [0.05, 0.1) is 22.3 Å². The molecule has 1 atom stereocenters. The molecule has 6 nitrogen and oxygen atoms in total. The highest BCUT2D eigenvalue weighted by atomic mass is 79.9. The van der Waals surface area contributed by atoms with Gasteiger partial charge in [-0.05, 0) is 47.7 Å². The fraction of sp³-hybridized carbons (Fsp3) is 0.125. The summed E-state index contributed by atoms with van der Waals surface area (Å²) in [7, 11) is 0. The van der Waals surface area contributed by atoms with Gasteiger partial charge in [0.1, 0.15) is 0 Å². The maximum absolute atomic E-state index is 12.4. The van der Waals surface area contributed by atoms with Crippen LogP contribution in [0, 0.1) is 0 Å². The second-order valence-electron chi connectivity index (χ2n) is 5.10. The van der Waals surface area contributed by atoms with Gasteiger partial charge in [-0.2, -0.15) is 4.68 Å². The average Bonchev–Trinajstić information content (AvgIpc) is 3.05. The second kappa shape index (κ2) is 7.11. The van der Waals surface area contributed by atoms with Crippen LogP contribution in [0.1, 0.15) is 29.1 Å². The maximum atomic E-state index is 12.4. The van der Waals surface area contributed by atoms with Crippen LogP contribution in [0.2, 0.25) is 5.02 Å². The Morgan fingerprint density at radius 2 is 2.04 bits per heavy atom. The Morgan fingerprint density at radius 3 is 2.79 bits per heavy atom. The molecule has 3 aromatic rings. The molecule has 1 aromatic heterocycles. The van der Waals surface area contributed by atoms with Crippen LogP contribution in [0.15, 0.2) is 53.0 Å². The minimum atomic E-state index is -0.400. The van der Waals surface area contributed by atoms with Crippen LogP contribution in [0.4, 0.5) is 0 Å².